The van der Waals surface area contributed by atoms with Gasteiger partial charge in [0.1, 0.15) is 12.6 Å². The molecule has 0 radical (unpaired) electrons. The van der Waals surface area contributed by atoms with Crippen molar-refractivity contribution in [3.05, 3.63) is 28.2 Å². The molecule has 1 aromatic heterocycles. The summed E-state index contributed by atoms with van der Waals surface area (Å²) in [5.41, 5.74) is 5.86. The fraction of sp³-hybridized carbons (Fsp3) is 0.571. The molecule has 0 bridgehead atoms. The quantitative estimate of drug-likeness (QED) is 0.815. The lowest BCUT2D eigenvalue weighted by Crippen LogP contribution is -2.46. The first-order chi connectivity index (χ1) is 10.1. The predicted molar refractivity (Wildman–Crippen MR) is 74.4 cm³/mol. The summed E-state index contributed by atoms with van der Waals surface area (Å²) >= 11 is 0. The van der Waals surface area contributed by atoms with Gasteiger partial charge in [0, 0.05) is 18.5 Å². The lowest BCUT2D eigenvalue weighted by Gasteiger charge is -2.22. The van der Waals surface area contributed by atoms with Crippen LogP contribution < -0.4 is 11.3 Å². The molecule has 1 aromatic rings. The van der Waals surface area contributed by atoms with Crippen LogP contribution in [0.25, 0.3) is 0 Å². The number of likely N-dealkylation sites (tertiary alicyclic amines) is 1. The fourth-order valence-electron chi connectivity index (χ4n) is 2.75. The third-order valence-corrected chi connectivity index (χ3v) is 4.07. The third-order valence-electron chi connectivity index (χ3n) is 4.07. The maximum absolute atomic E-state index is 12.3. The Morgan fingerprint density at radius 3 is 2.71 bits per heavy atom. The summed E-state index contributed by atoms with van der Waals surface area (Å²) in [6, 6.07) is 2.62. The Hall–Kier alpha value is -2.18. The van der Waals surface area contributed by atoms with E-state index in [0.29, 0.717) is 18.9 Å². The highest BCUT2D eigenvalue weighted by molar-refractivity contribution is 5.87. The lowest BCUT2D eigenvalue weighted by molar-refractivity contribution is -0.138. The van der Waals surface area contributed by atoms with Crippen LogP contribution in [0.3, 0.4) is 0 Å². The highest BCUT2D eigenvalue weighted by Gasteiger charge is 2.33. The maximum Gasteiger partial charge on any atom is 0.267 e. The van der Waals surface area contributed by atoms with E-state index in [1.807, 2.05) is 0 Å². The van der Waals surface area contributed by atoms with E-state index < -0.39 is 11.9 Å². The second kappa shape index (κ2) is 5.31. The van der Waals surface area contributed by atoms with Gasteiger partial charge in [0.2, 0.25) is 11.8 Å². The Labute approximate surface area is 121 Å². The smallest absolute Gasteiger partial charge is 0.267 e. The van der Waals surface area contributed by atoms with Gasteiger partial charge in [-0.1, -0.05) is 0 Å². The van der Waals surface area contributed by atoms with Crippen LogP contribution in [0.5, 0.6) is 0 Å². The zero-order chi connectivity index (χ0) is 15.0. The van der Waals surface area contributed by atoms with Gasteiger partial charge >= 0.3 is 0 Å². The minimum atomic E-state index is -0.556. The minimum absolute atomic E-state index is 0.136. The van der Waals surface area contributed by atoms with Crippen molar-refractivity contribution >= 4 is 11.8 Å². The van der Waals surface area contributed by atoms with Crippen molar-refractivity contribution in [3.8, 4) is 0 Å². The highest BCUT2D eigenvalue weighted by Crippen LogP contribution is 2.38. The van der Waals surface area contributed by atoms with Gasteiger partial charge in [-0.05, 0) is 31.7 Å². The largest absolute Gasteiger partial charge is 0.368 e. The maximum atomic E-state index is 12.3. The zero-order valence-corrected chi connectivity index (χ0v) is 11.7. The molecule has 2 fully saturated rings. The van der Waals surface area contributed by atoms with E-state index in [-0.39, 0.29) is 18.0 Å². The monoisotopic (exact) mass is 290 g/mol. The Morgan fingerprint density at radius 1 is 1.29 bits per heavy atom. The zero-order valence-electron chi connectivity index (χ0n) is 11.7. The summed E-state index contributed by atoms with van der Waals surface area (Å²) in [6.45, 7) is 0.368. The fourth-order valence-corrected chi connectivity index (χ4v) is 2.75. The molecule has 2 N–H and O–H groups in total. The van der Waals surface area contributed by atoms with Gasteiger partial charge in [0.15, 0.2) is 0 Å². The van der Waals surface area contributed by atoms with E-state index in [1.165, 1.54) is 15.6 Å². The molecule has 1 atom stereocenters. The van der Waals surface area contributed by atoms with Crippen molar-refractivity contribution in [2.45, 2.75) is 44.2 Å². The molecule has 2 amide bonds. The number of primary amides is 1. The Bertz CT molecular complexity index is 635. The molecule has 1 saturated heterocycles. The molecule has 1 saturated carbocycles. The first-order valence-corrected chi connectivity index (χ1v) is 7.23. The van der Waals surface area contributed by atoms with Crippen molar-refractivity contribution in [3.63, 3.8) is 0 Å². The molecule has 3 rings (SSSR count). The van der Waals surface area contributed by atoms with Gasteiger partial charge in [-0.25, -0.2) is 4.68 Å². The lowest BCUT2D eigenvalue weighted by atomic mass is 10.2. The molecular formula is C14H18N4O3. The SMILES string of the molecule is NC(=O)[C@H]1CCCN1C(=O)Cn1nc(C2CC2)ccc1=O. The van der Waals surface area contributed by atoms with E-state index in [1.54, 1.807) is 6.07 Å². The number of rotatable bonds is 4. The van der Waals surface area contributed by atoms with E-state index in [2.05, 4.69) is 5.10 Å². The second-order valence-electron chi connectivity index (χ2n) is 5.68. The number of nitrogens with two attached hydrogens (primary N) is 1. The van der Waals surface area contributed by atoms with Gasteiger partial charge in [-0.15, -0.1) is 0 Å². The number of carbonyl (C=O) groups is 2. The molecule has 2 heterocycles. The molecule has 21 heavy (non-hydrogen) atoms. The average Bonchev–Trinajstić information content (AvgIpc) is 3.16. The normalized spacial score (nSPS) is 21.5. The number of hydrogen-bond acceptors (Lipinski definition) is 4. The van der Waals surface area contributed by atoms with Crippen LogP contribution >= 0.6 is 0 Å². The van der Waals surface area contributed by atoms with Crippen LogP contribution in [0, 0.1) is 0 Å². The van der Waals surface area contributed by atoms with Gasteiger partial charge < -0.3 is 10.6 Å². The van der Waals surface area contributed by atoms with Crippen molar-refractivity contribution < 1.29 is 9.59 Å². The van der Waals surface area contributed by atoms with Crippen molar-refractivity contribution in [2.24, 2.45) is 5.73 Å². The molecule has 1 aliphatic carbocycles. The summed E-state index contributed by atoms with van der Waals surface area (Å²) in [4.78, 5) is 36.9. The van der Waals surface area contributed by atoms with Crippen LogP contribution in [-0.2, 0) is 16.1 Å². The van der Waals surface area contributed by atoms with Gasteiger partial charge in [0.05, 0.1) is 5.69 Å². The standard InChI is InChI=1S/C14H18N4O3/c15-14(21)11-2-1-7-17(11)13(20)8-18-12(19)6-5-10(16-18)9-3-4-9/h5-6,9,11H,1-4,7-8H2,(H2,15,21)/t11-/m1/s1. The molecule has 112 valence electrons. The first-order valence-electron chi connectivity index (χ1n) is 7.23. The highest BCUT2D eigenvalue weighted by atomic mass is 16.2. The summed E-state index contributed by atoms with van der Waals surface area (Å²) in [7, 11) is 0. The molecule has 1 aliphatic heterocycles. The number of nitrogens with zero attached hydrogens (tertiary/aromatic N) is 3. The van der Waals surface area contributed by atoms with Gasteiger partial charge in [-0.2, -0.15) is 5.10 Å². The van der Waals surface area contributed by atoms with Crippen LogP contribution in [0.4, 0.5) is 0 Å². The minimum Gasteiger partial charge on any atom is -0.368 e. The van der Waals surface area contributed by atoms with Gasteiger partial charge in [-0.3, -0.25) is 14.4 Å². The van der Waals surface area contributed by atoms with E-state index >= 15 is 0 Å². The van der Waals surface area contributed by atoms with Crippen LogP contribution in [-0.4, -0.2) is 39.1 Å². The van der Waals surface area contributed by atoms with Crippen LogP contribution in [0.1, 0.15) is 37.3 Å². The van der Waals surface area contributed by atoms with E-state index in [4.69, 9.17) is 5.73 Å². The first kappa shape index (κ1) is 13.8. The molecule has 0 aromatic carbocycles. The molecule has 0 spiro atoms. The number of hydrogen-bond donors (Lipinski definition) is 1. The summed E-state index contributed by atoms with van der Waals surface area (Å²) < 4.78 is 1.19. The Kier molecular flexibility index (Phi) is 3.48. The van der Waals surface area contributed by atoms with E-state index in [9.17, 15) is 14.4 Å². The Balaban J connectivity index is 1.76. The summed E-state index contributed by atoms with van der Waals surface area (Å²) in [5.74, 6) is -0.358. The van der Waals surface area contributed by atoms with Crippen LogP contribution in [0.2, 0.25) is 0 Å². The second-order valence-corrected chi connectivity index (χ2v) is 5.68. The van der Waals surface area contributed by atoms with Crippen molar-refractivity contribution in [1.29, 1.82) is 0 Å². The van der Waals surface area contributed by atoms with Crippen LogP contribution in [0.15, 0.2) is 16.9 Å². The number of carbonyl (C=O) groups excluding carboxylic acids is 2. The third kappa shape index (κ3) is 2.81. The van der Waals surface area contributed by atoms with E-state index in [0.717, 1.165) is 25.0 Å². The van der Waals surface area contributed by atoms with Crippen molar-refractivity contribution in [2.75, 3.05) is 6.54 Å². The summed E-state index contributed by atoms with van der Waals surface area (Å²) in [6.07, 6.45) is 3.50. The Morgan fingerprint density at radius 2 is 2.05 bits per heavy atom. The molecular weight excluding hydrogens is 272 g/mol. The number of amides is 2. The summed E-state index contributed by atoms with van der Waals surface area (Å²) in [5, 5.41) is 4.26. The molecule has 0 unspecified atom stereocenters. The molecule has 7 heteroatoms. The topological polar surface area (TPSA) is 98.3 Å². The average molecular weight is 290 g/mol. The number of aromatic nitrogens is 2. The van der Waals surface area contributed by atoms with Gasteiger partial charge in [0.25, 0.3) is 5.56 Å². The van der Waals surface area contributed by atoms with Crippen molar-refractivity contribution in [1.82, 2.24) is 14.7 Å². The predicted octanol–water partition coefficient (Wildman–Crippen LogP) is -0.403. The molecule has 2 aliphatic rings. The molecule has 7 nitrogen and oxygen atoms in total.